The molecule has 0 aliphatic carbocycles. The van der Waals surface area contributed by atoms with Crippen molar-refractivity contribution in [1.29, 1.82) is 0 Å². The molecule has 1 rings (SSSR count). The highest BCUT2D eigenvalue weighted by atomic mass is 16.5. The van der Waals surface area contributed by atoms with Crippen LogP contribution in [0.15, 0.2) is 18.2 Å². The van der Waals surface area contributed by atoms with E-state index >= 15 is 0 Å². The molecule has 1 aromatic rings. The van der Waals surface area contributed by atoms with Crippen LogP contribution in [-0.2, 0) is 11.2 Å². The number of hydrogen-bond donors (Lipinski definition) is 2. The molecule has 0 heterocycles. The Morgan fingerprint density at radius 1 is 1.35 bits per heavy atom. The molecule has 3 N–H and O–H groups in total. The summed E-state index contributed by atoms with van der Waals surface area (Å²) < 4.78 is 10.3. The van der Waals surface area contributed by atoms with Crippen molar-refractivity contribution < 1.29 is 19.4 Å². The first kappa shape index (κ1) is 13.3. The number of methoxy groups -OCH3 is 2. The third-order valence-corrected chi connectivity index (χ3v) is 2.56. The molecule has 17 heavy (non-hydrogen) atoms. The number of carboxylic acid groups (broad SMARTS) is 1. The summed E-state index contributed by atoms with van der Waals surface area (Å²) in [6.45, 7) is 0.115. The van der Waals surface area contributed by atoms with Gasteiger partial charge in [-0.15, -0.1) is 0 Å². The topological polar surface area (TPSA) is 81.8 Å². The first-order valence-electron chi connectivity index (χ1n) is 5.26. The van der Waals surface area contributed by atoms with E-state index in [9.17, 15) is 4.79 Å². The first-order valence-corrected chi connectivity index (χ1v) is 5.26. The molecule has 0 spiro atoms. The van der Waals surface area contributed by atoms with Gasteiger partial charge in [0.15, 0.2) is 11.5 Å². The molecule has 0 aliphatic heterocycles. The Morgan fingerprint density at radius 3 is 2.47 bits per heavy atom. The first-order chi connectivity index (χ1) is 8.12. The van der Waals surface area contributed by atoms with E-state index in [1.165, 1.54) is 0 Å². The van der Waals surface area contributed by atoms with Crippen LogP contribution in [-0.4, -0.2) is 31.8 Å². The summed E-state index contributed by atoms with van der Waals surface area (Å²) in [4.78, 5) is 10.9. The van der Waals surface area contributed by atoms with Crippen molar-refractivity contribution in [2.45, 2.75) is 6.42 Å². The summed E-state index contributed by atoms with van der Waals surface area (Å²) in [5.41, 5.74) is 6.27. The molecule has 0 fully saturated rings. The second-order valence-electron chi connectivity index (χ2n) is 3.66. The lowest BCUT2D eigenvalue weighted by atomic mass is 9.99. The largest absolute Gasteiger partial charge is 0.493 e. The summed E-state index contributed by atoms with van der Waals surface area (Å²) in [7, 11) is 3.09. The van der Waals surface area contributed by atoms with Crippen LogP contribution in [0, 0.1) is 5.92 Å². The average Bonchev–Trinajstić information content (AvgIpc) is 2.35. The fourth-order valence-electron chi connectivity index (χ4n) is 1.56. The molecule has 5 nitrogen and oxygen atoms in total. The minimum Gasteiger partial charge on any atom is -0.493 e. The molecule has 5 heteroatoms. The van der Waals surface area contributed by atoms with Gasteiger partial charge in [0.05, 0.1) is 20.1 Å². The van der Waals surface area contributed by atoms with Crippen molar-refractivity contribution in [3.05, 3.63) is 23.8 Å². The number of ether oxygens (including phenoxy) is 2. The lowest BCUT2D eigenvalue weighted by Gasteiger charge is -2.12. The lowest BCUT2D eigenvalue weighted by molar-refractivity contribution is -0.141. The summed E-state index contributed by atoms with van der Waals surface area (Å²) >= 11 is 0. The van der Waals surface area contributed by atoms with Crippen LogP contribution in [0.25, 0.3) is 0 Å². The number of aliphatic carboxylic acids is 1. The van der Waals surface area contributed by atoms with Gasteiger partial charge in [-0.1, -0.05) is 6.07 Å². The zero-order valence-electron chi connectivity index (χ0n) is 9.97. The molecule has 0 radical (unpaired) electrons. The average molecular weight is 239 g/mol. The van der Waals surface area contributed by atoms with Crippen LogP contribution in [0.5, 0.6) is 11.5 Å². The van der Waals surface area contributed by atoms with Gasteiger partial charge in [0.1, 0.15) is 0 Å². The Morgan fingerprint density at radius 2 is 2.00 bits per heavy atom. The van der Waals surface area contributed by atoms with Crippen LogP contribution in [0.3, 0.4) is 0 Å². The third-order valence-electron chi connectivity index (χ3n) is 2.56. The van der Waals surface area contributed by atoms with Gasteiger partial charge in [-0.3, -0.25) is 4.79 Å². The smallest absolute Gasteiger partial charge is 0.308 e. The molecule has 0 aliphatic rings. The van der Waals surface area contributed by atoms with Crippen molar-refractivity contribution in [3.8, 4) is 11.5 Å². The monoisotopic (exact) mass is 239 g/mol. The quantitative estimate of drug-likeness (QED) is 0.771. The van der Waals surface area contributed by atoms with Crippen molar-refractivity contribution in [3.63, 3.8) is 0 Å². The molecule has 0 bridgehead atoms. The van der Waals surface area contributed by atoms with Gasteiger partial charge in [-0.05, 0) is 24.1 Å². The number of carbonyl (C=O) groups is 1. The highest BCUT2D eigenvalue weighted by molar-refractivity contribution is 5.70. The van der Waals surface area contributed by atoms with Crippen molar-refractivity contribution >= 4 is 5.97 Å². The Labute approximate surface area is 100 Å². The van der Waals surface area contributed by atoms with Crippen LogP contribution in [0.1, 0.15) is 5.56 Å². The molecule has 1 unspecified atom stereocenters. The molecule has 94 valence electrons. The summed E-state index contributed by atoms with van der Waals surface area (Å²) in [5.74, 6) is -0.252. The molecule has 0 saturated carbocycles. The molecule has 1 atom stereocenters. The van der Waals surface area contributed by atoms with Gasteiger partial charge in [-0.25, -0.2) is 0 Å². The number of carboxylic acids is 1. The number of nitrogens with two attached hydrogens (primary N) is 1. The Balaban J connectivity index is 2.88. The Hall–Kier alpha value is -1.75. The van der Waals surface area contributed by atoms with Gasteiger partial charge < -0.3 is 20.3 Å². The van der Waals surface area contributed by atoms with Crippen LogP contribution >= 0.6 is 0 Å². The van der Waals surface area contributed by atoms with Crippen LogP contribution in [0.2, 0.25) is 0 Å². The van der Waals surface area contributed by atoms with E-state index < -0.39 is 11.9 Å². The molecular weight excluding hydrogens is 222 g/mol. The third kappa shape index (κ3) is 3.35. The maximum Gasteiger partial charge on any atom is 0.308 e. The minimum atomic E-state index is -0.887. The standard InChI is InChI=1S/C12H17NO4/c1-16-10-4-3-8(6-11(10)17-2)5-9(7-13)12(14)15/h3-4,6,9H,5,7,13H2,1-2H3,(H,14,15). The van der Waals surface area contributed by atoms with Crippen molar-refractivity contribution in [1.82, 2.24) is 0 Å². The maximum absolute atomic E-state index is 10.9. The van der Waals surface area contributed by atoms with Gasteiger partial charge in [0, 0.05) is 6.54 Å². The second-order valence-corrected chi connectivity index (χ2v) is 3.66. The maximum atomic E-state index is 10.9. The van der Waals surface area contributed by atoms with Crippen molar-refractivity contribution in [2.75, 3.05) is 20.8 Å². The fourth-order valence-corrected chi connectivity index (χ4v) is 1.56. The number of benzene rings is 1. The van der Waals surface area contributed by atoms with Gasteiger partial charge in [-0.2, -0.15) is 0 Å². The van der Waals surface area contributed by atoms with E-state index in [4.69, 9.17) is 20.3 Å². The summed E-state index contributed by atoms with van der Waals surface area (Å²) in [5, 5.41) is 8.93. The fraction of sp³-hybridized carbons (Fsp3) is 0.417. The summed E-state index contributed by atoms with van der Waals surface area (Å²) in [6, 6.07) is 5.33. The zero-order valence-corrected chi connectivity index (χ0v) is 9.97. The number of hydrogen-bond acceptors (Lipinski definition) is 4. The Kier molecular flexibility index (Phi) is 4.78. The Bertz CT molecular complexity index is 392. The molecule has 0 amide bonds. The van der Waals surface area contributed by atoms with E-state index in [1.54, 1.807) is 26.4 Å². The van der Waals surface area contributed by atoms with Crippen molar-refractivity contribution in [2.24, 2.45) is 11.7 Å². The van der Waals surface area contributed by atoms with Gasteiger partial charge in [0.25, 0.3) is 0 Å². The normalized spacial score (nSPS) is 11.9. The van der Waals surface area contributed by atoms with Crippen LogP contribution < -0.4 is 15.2 Å². The predicted octanol–water partition coefficient (Wildman–Crippen LogP) is 0.906. The van der Waals surface area contributed by atoms with Gasteiger partial charge >= 0.3 is 5.97 Å². The highest BCUT2D eigenvalue weighted by Crippen LogP contribution is 2.28. The molecular formula is C12H17NO4. The minimum absolute atomic E-state index is 0.115. The SMILES string of the molecule is COc1ccc(CC(CN)C(=O)O)cc1OC. The van der Waals surface area contributed by atoms with E-state index in [1.807, 2.05) is 6.07 Å². The van der Waals surface area contributed by atoms with E-state index in [0.717, 1.165) is 5.56 Å². The second kappa shape index (κ2) is 6.10. The van der Waals surface area contributed by atoms with E-state index in [-0.39, 0.29) is 6.54 Å². The lowest BCUT2D eigenvalue weighted by Crippen LogP contribution is -2.25. The van der Waals surface area contributed by atoms with Crippen LogP contribution in [0.4, 0.5) is 0 Å². The molecule has 0 saturated heterocycles. The van der Waals surface area contributed by atoms with E-state index in [0.29, 0.717) is 17.9 Å². The molecule has 1 aromatic carbocycles. The summed E-state index contributed by atoms with van der Waals surface area (Å²) in [6.07, 6.45) is 0.381. The highest BCUT2D eigenvalue weighted by Gasteiger charge is 2.16. The van der Waals surface area contributed by atoms with Gasteiger partial charge in [0.2, 0.25) is 0 Å². The molecule has 0 aromatic heterocycles. The van der Waals surface area contributed by atoms with E-state index in [2.05, 4.69) is 0 Å². The zero-order chi connectivity index (χ0) is 12.8. The predicted molar refractivity (Wildman–Crippen MR) is 63.4 cm³/mol. The number of rotatable bonds is 6.